The lowest BCUT2D eigenvalue weighted by molar-refractivity contribution is -0.112. The van der Waals surface area contributed by atoms with Crippen LogP contribution in [0.15, 0.2) is 83.3 Å². The van der Waals surface area contributed by atoms with E-state index in [1.807, 2.05) is 25.1 Å². The van der Waals surface area contributed by atoms with Gasteiger partial charge >= 0.3 is 10.1 Å². The van der Waals surface area contributed by atoms with Crippen LogP contribution in [0, 0.1) is 18.3 Å². The van der Waals surface area contributed by atoms with Gasteiger partial charge in [0.2, 0.25) is 5.13 Å². The van der Waals surface area contributed by atoms with Crippen LogP contribution in [-0.2, 0) is 14.9 Å². The molecule has 37 heavy (non-hydrogen) atoms. The number of nitrogens with one attached hydrogen (secondary N) is 1. The third-order valence-electron chi connectivity index (χ3n) is 5.03. The lowest BCUT2D eigenvalue weighted by Gasteiger charge is -2.08. The minimum absolute atomic E-state index is 0.0159. The Morgan fingerprint density at radius 3 is 2.43 bits per heavy atom. The van der Waals surface area contributed by atoms with E-state index in [1.54, 1.807) is 43.5 Å². The molecule has 0 spiro atoms. The summed E-state index contributed by atoms with van der Waals surface area (Å²) in [6.45, 7) is 1.85. The fraction of sp³-hybridized carbons (Fsp3) is 0.0769. The summed E-state index contributed by atoms with van der Waals surface area (Å²) >= 11 is 1.15. The van der Waals surface area contributed by atoms with E-state index in [9.17, 15) is 18.5 Å². The number of benzene rings is 3. The van der Waals surface area contributed by atoms with Crippen LogP contribution in [0.5, 0.6) is 11.5 Å². The van der Waals surface area contributed by atoms with E-state index in [1.165, 1.54) is 30.3 Å². The molecule has 1 N–H and O–H groups in total. The zero-order valence-corrected chi connectivity index (χ0v) is 21.3. The van der Waals surface area contributed by atoms with E-state index in [0.717, 1.165) is 22.5 Å². The minimum Gasteiger partial charge on any atom is -0.497 e. The number of methoxy groups -OCH3 is 1. The van der Waals surface area contributed by atoms with E-state index in [2.05, 4.69) is 15.5 Å². The maximum absolute atomic E-state index is 12.7. The molecule has 1 heterocycles. The molecule has 0 aliphatic carbocycles. The highest BCUT2D eigenvalue weighted by molar-refractivity contribution is 7.87. The molecular formula is C26H20N4O5S2. The maximum Gasteiger partial charge on any atom is 0.339 e. The molecule has 0 fully saturated rings. The van der Waals surface area contributed by atoms with E-state index in [-0.39, 0.29) is 21.3 Å². The average Bonchev–Trinajstić information content (AvgIpc) is 3.36. The van der Waals surface area contributed by atoms with Gasteiger partial charge < -0.3 is 8.92 Å². The highest BCUT2D eigenvalue weighted by Crippen LogP contribution is 2.28. The predicted octanol–water partition coefficient (Wildman–Crippen LogP) is 4.84. The third kappa shape index (κ3) is 6.38. The molecule has 9 nitrogen and oxygen atoms in total. The van der Waals surface area contributed by atoms with Crippen LogP contribution in [0.2, 0.25) is 0 Å². The van der Waals surface area contributed by atoms with E-state index >= 15 is 0 Å². The van der Waals surface area contributed by atoms with Gasteiger partial charge in [0, 0.05) is 5.56 Å². The zero-order valence-electron chi connectivity index (χ0n) is 19.7. The third-order valence-corrected chi connectivity index (χ3v) is 7.18. The van der Waals surface area contributed by atoms with Crippen molar-refractivity contribution in [2.45, 2.75) is 11.8 Å². The summed E-state index contributed by atoms with van der Waals surface area (Å²) in [5.74, 6) is 0.0617. The topological polar surface area (TPSA) is 131 Å². The van der Waals surface area contributed by atoms with Crippen molar-refractivity contribution in [2.75, 3.05) is 12.4 Å². The van der Waals surface area contributed by atoms with Crippen molar-refractivity contribution in [3.8, 4) is 28.1 Å². The van der Waals surface area contributed by atoms with Gasteiger partial charge in [-0.15, -0.1) is 10.2 Å². The number of hydrogen-bond donors (Lipinski definition) is 1. The van der Waals surface area contributed by atoms with Crippen molar-refractivity contribution >= 4 is 38.6 Å². The normalized spacial score (nSPS) is 11.4. The Kier molecular flexibility index (Phi) is 7.62. The second kappa shape index (κ2) is 11.0. The van der Waals surface area contributed by atoms with Gasteiger partial charge in [-0.1, -0.05) is 41.2 Å². The van der Waals surface area contributed by atoms with Crippen LogP contribution >= 0.6 is 11.3 Å². The van der Waals surface area contributed by atoms with Crippen molar-refractivity contribution in [3.05, 3.63) is 89.5 Å². The lowest BCUT2D eigenvalue weighted by Crippen LogP contribution is -2.13. The van der Waals surface area contributed by atoms with Gasteiger partial charge in [-0.3, -0.25) is 10.1 Å². The van der Waals surface area contributed by atoms with E-state index in [0.29, 0.717) is 16.3 Å². The highest BCUT2D eigenvalue weighted by atomic mass is 32.2. The second-order valence-corrected chi connectivity index (χ2v) is 10.2. The minimum atomic E-state index is -4.05. The first-order valence-corrected chi connectivity index (χ1v) is 13.0. The van der Waals surface area contributed by atoms with Gasteiger partial charge in [0.05, 0.1) is 7.11 Å². The Labute approximate surface area is 217 Å². The standard InChI is InChI=1S/C26H20N4O5S2/c1-17-6-12-23(13-7-17)37(32,33)35-22-5-3-4-18(15-22)14-20(16-27)24(31)28-26-30-29-25(36-26)19-8-10-21(34-2)11-9-19/h3-15H,1-2H3,(H,28,30,31)/b20-14+. The molecule has 186 valence electrons. The van der Waals surface area contributed by atoms with Crippen LogP contribution in [-0.4, -0.2) is 31.6 Å². The number of nitrogens with zero attached hydrogens (tertiary/aromatic N) is 3. The largest absolute Gasteiger partial charge is 0.497 e. The summed E-state index contributed by atoms with van der Waals surface area (Å²) in [7, 11) is -2.47. The summed E-state index contributed by atoms with van der Waals surface area (Å²) in [6, 6.07) is 21.4. The molecule has 0 unspecified atom stereocenters. The number of aryl methyl sites for hydroxylation is 1. The molecule has 4 rings (SSSR count). The summed E-state index contributed by atoms with van der Waals surface area (Å²) in [4.78, 5) is 12.7. The van der Waals surface area contributed by atoms with Crippen molar-refractivity contribution in [3.63, 3.8) is 0 Å². The van der Waals surface area contributed by atoms with Crippen LogP contribution in [0.4, 0.5) is 5.13 Å². The molecule has 0 atom stereocenters. The first-order chi connectivity index (χ1) is 17.8. The van der Waals surface area contributed by atoms with Crippen LogP contribution < -0.4 is 14.2 Å². The monoisotopic (exact) mass is 532 g/mol. The Hall–Kier alpha value is -4.53. The second-order valence-electron chi connectivity index (χ2n) is 7.69. The molecule has 0 aliphatic heterocycles. The molecule has 11 heteroatoms. The van der Waals surface area contributed by atoms with Crippen molar-refractivity contribution < 1.29 is 22.1 Å². The predicted molar refractivity (Wildman–Crippen MR) is 140 cm³/mol. The van der Waals surface area contributed by atoms with E-state index < -0.39 is 16.0 Å². The van der Waals surface area contributed by atoms with Gasteiger partial charge in [0.1, 0.15) is 33.0 Å². The first-order valence-electron chi connectivity index (χ1n) is 10.8. The average molecular weight is 533 g/mol. The highest BCUT2D eigenvalue weighted by Gasteiger charge is 2.17. The van der Waals surface area contributed by atoms with Crippen molar-refractivity contribution in [2.24, 2.45) is 0 Å². The Morgan fingerprint density at radius 2 is 1.76 bits per heavy atom. The number of aromatic nitrogens is 2. The first kappa shape index (κ1) is 25.6. The number of amides is 1. The number of anilines is 1. The quantitative estimate of drug-likeness (QED) is 0.194. The Bertz CT molecular complexity index is 1600. The number of carbonyl (C=O) groups excluding carboxylic acids is 1. The van der Waals surface area contributed by atoms with Gasteiger partial charge in [-0.05, 0) is 67.1 Å². The molecular weight excluding hydrogens is 512 g/mol. The fourth-order valence-electron chi connectivity index (χ4n) is 3.14. The van der Waals surface area contributed by atoms with Crippen molar-refractivity contribution in [1.82, 2.24) is 10.2 Å². The molecule has 1 aromatic heterocycles. The number of carbonyl (C=O) groups is 1. The number of nitriles is 1. The van der Waals surface area contributed by atoms with Crippen LogP contribution in [0.3, 0.4) is 0 Å². The van der Waals surface area contributed by atoms with E-state index in [4.69, 9.17) is 8.92 Å². The Balaban J connectivity index is 1.48. The number of ether oxygens (including phenoxy) is 1. The lowest BCUT2D eigenvalue weighted by atomic mass is 10.1. The smallest absolute Gasteiger partial charge is 0.339 e. The molecule has 0 bridgehead atoms. The molecule has 3 aromatic carbocycles. The van der Waals surface area contributed by atoms with Crippen LogP contribution in [0.1, 0.15) is 11.1 Å². The molecule has 0 saturated heterocycles. The van der Waals surface area contributed by atoms with Gasteiger partial charge in [-0.2, -0.15) is 13.7 Å². The number of hydrogen-bond acceptors (Lipinski definition) is 9. The molecule has 4 aromatic rings. The van der Waals surface area contributed by atoms with Crippen LogP contribution in [0.25, 0.3) is 16.6 Å². The summed E-state index contributed by atoms with van der Waals surface area (Å²) < 4.78 is 35.5. The summed E-state index contributed by atoms with van der Waals surface area (Å²) in [5.41, 5.74) is 1.91. The van der Waals surface area contributed by atoms with Gasteiger partial charge in [0.15, 0.2) is 0 Å². The maximum atomic E-state index is 12.7. The Morgan fingerprint density at radius 1 is 1.03 bits per heavy atom. The van der Waals surface area contributed by atoms with Gasteiger partial charge in [0.25, 0.3) is 5.91 Å². The summed E-state index contributed by atoms with van der Waals surface area (Å²) in [5, 5.41) is 21.0. The van der Waals surface area contributed by atoms with Gasteiger partial charge in [-0.25, -0.2) is 0 Å². The zero-order chi connectivity index (χ0) is 26.4. The summed E-state index contributed by atoms with van der Waals surface area (Å²) in [6.07, 6.45) is 1.33. The SMILES string of the molecule is COc1ccc(-c2nnc(NC(=O)/C(C#N)=C/c3cccc(OS(=O)(=O)c4ccc(C)cc4)c3)s2)cc1. The molecule has 0 radical (unpaired) electrons. The molecule has 0 saturated carbocycles. The molecule has 1 amide bonds. The molecule has 0 aliphatic rings. The fourth-order valence-corrected chi connectivity index (χ4v) is 4.81. The number of rotatable bonds is 8. The van der Waals surface area contributed by atoms with Crippen molar-refractivity contribution in [1.29, 1.82) is 5.26 Å².